The molecule has 0 radical (unpaired) electrons. The van der Waals surface area contributed by atoms with Gasteiger partial charge in [-0.2, -0.15) is 0 Å². The Morgan fingerprint density at radius 3 is 2.67 bits per heavy atom. The van der Waals surface area contributed by atoms with Crippen molar-refractivity contribution in [1.29, 1.82) is 0 Å². The van der Waals surface area contributed by atoms with Crippen LogP contribution in [-0.2, 0) is 9.53 Å². The Hall–Kier alpha value is -1.95. The molecule has 0 fully saturated rings. The van der Waals surface area contributed by atoms with Crippen LogP contribution >= 0.6 is 0 Å². The topological polar surface area (TPSA) is 81.5 Å². The lowest BCUT2D eigenvalue weighted by Gasteiger charge is -2.18. The molecule has 1 rings (SSSR count). The third-order valence-corrected chi connectivity index (χ3v) is 2.64. The first-order chi connectivity index (χ1) is 8.45. The first kappa shape index (κ1) is 14.1. The molecule has 0 aliphatic carbocycles. The number of hydrogen-bond acceptors (Lipinski definition) is 5. The number of nitro groups is 1. The molecule has 2 unspecified atom stereocenters. The summed E-state index contributed by atoms with van der Waals surface area (Å²) >= 11 is 0. The van der Waals surface area contributed by atoms with Crippen LogP contribution in [0.4, 0.5) is 5.69 Å². The number of rotatable bonds is 5. The second-order valence-corrected chi connectivity index (χ2v) is 3.99. The number of nitro benzene ring substituents is 1. The van der Waals surface area contributed by atoms with Gasteiger partial charge in [0.15, 0.2) is 0 Å². The Bertz CT molecular complexity index is 447. The van der Waals surface area contributed by atoms with E-state index in [1.165, 1.54) is 19.2 Å². The Balaban J connectivity index is 2.78. The summed E-state index contributed by atoms with van der Waals surface area (Å²) < 4.78 is 4.60. The summed E-state index contributed by atoms with van der Waals surface area (Å²) in [4.78, 5) is 21.5. The number of methoxy groups -OCH3 is 1. The number of carbonyl (C=O) groups excluding carboxylic acids is 1. The van der Waals surface area contributed by atoms with Gasteiger partial charge in [0, 0.05) is 18.2 Å². The van der Waals surface area contributed by atoms with Gasteiger partial charge in [0.2, 0.25) is 0 Å². The number of nitrogens with one attached hydrogen (secondary N) is 1. The molecule has 0 aliphatic rings. The second kappa shape index (κ2) is 6.11. The zero-order chi connectivity index (χ0) is 13.7. The largest absolute Gasteiger partial charge is 0.468 e. The van der Waals surface area contributed by atoms with Crippen molar-refractivity contribution in [1.82, 2.24) is 5.32 Å². The number of nitrogens with zero attached hydrogens (tertiary/aromatic N) is 1. The summed E-state index contributed by atoms with van der Waals surface area (Å²) in [5, 5.41) is 13.7. The van der Waals surface area contributed by atoms with E-state index < -0.39 is 11.0 Å². The molecule has 98 valence electrons. The molecule has 6 nitrogen and oxygen atoms in total. The molecular weight excluding hydrogens is 236 g/mol. The fraction of sp³-hybridized carbons (Fsp3) is 0.417. The highest BCUT2D eigenvalue weighted by Crippen LogP contribution is 2.19. The van der Waals surface area contributed by atoms with Crippen molar-refractivity contribution >= 4 is 11.7 Å². The van der Waals surface area contributed by atoms with Crippen LogP contribution in [0.25, 0.3) is 0 Å². The van der Waals surface area contributed by atoms with Crippen LogP contribution in [0.2, 0.25) is 0 Å². The van der Waals surface area contributed by atoms with Gasteiger partial charge in [-0.3, -0.25) is 20.2 Å². The summed E-state index contributed by atoms with van der Waals surface area (Å²) in [7, 11) is 1.32. The lowest BCUT2D eigenvalue weighted by Crippen LogP contribution is -2.36. The second-order valence-electron chi connectivity index (χ2n) is 3.99. The Kier molecular flexibility index (Phi) is 4.79. The lowest BCUT2D eigenvalue weighted by molar-refractivity contribution is -0.384. The predicted octanol–water partition coefficient (Wildman–Crippen LogP) is 1.81. The predicted molar refractivity (Wildman–Crippen MR) is 66.1 cm³/mol. The lowest BCUT2D eigenvalue weighted by atomic mass is 10.1. The number of carbonyl (C=O) groups is 1. The van der Waals surface area contributed by atoms with Crippen molar-refractivity contribution in [3.8, 4) is 0 Å². The molecule has 0 bridgehead atoms. The third kappa shape index (κ3) is 3.53. The van der Waals surface area contributed by atoms with Gasteiger partial charge in [-0.1, -0.05) is 12.1 Å². The van der Waals surface area contributed by atoms with Crippen LogP contribution in [0.3, 0.4) is 0 Å². The number of non-ortho nitro benzene ring substituents is 1. The van der Waals surface area contributed by atoms with Gasteiger partial charge >= 0.3 is 5.97 Å². The number of esters is 1. The van der Waals surface area contributed by atoms with Gasteiger partial charge in [0.25, 0.3) is 5.69 Å². The van der Waals surface area contributed by atoms with E-state index in [0.717, 1.165) is 5.56 Å². The first-order valence-corrected chi connectivity index (χ1v) is 5.54. The van der Waals surface area contributed by atoms with Gasteiger partial charge in [-0.25, -0.2) is 0 Å². The highest BCUT2D eigenvalue weighted by atomic mass is 16.6. The van der Waals surface area contributed by atoms with Crippen LogP contribution in [0.15, 0.2) is 24.3 Å². The van der Waals surface area contributed by atoms with Gasteiger partial charge < -0.3 is 4.74 Å². The number of hydrogen-bond donors (Lipinski definition) is 1. The summed E-state index contributed by atoms with van der Waals surface area (Å²) in [6.07, 6.45) is 0. The van der Waals surface area contributed by atoms with E-state index in [9.17, 15) is 14.9 Å². The van der Waals surface area contributed by atoms with Crippen LogP contribution in [0.1, 0.15) is 25.5 Å². The van der Waals surface area contributed by atoms with Gasteiger partial charge in [0.1, 0.15) is 6.04 Å². The molecule has 1 aromatic carbocycles. The zero-order valence-electron chi connectivity index (χ0n) is 10.5. The van der Waals surface area contributed by atoms with Gasteiger partial charge in [-0.05, 0) is 19.4 Å². The van der Waals surface area contributed by atoms with Crippen LogP contribution < -0.4 is 5.32 Å². The fourth-order valence-corrected chi connectivity index (χ4v) is 1.62. The molecule has 1 aromatic rings. The van der Waals surface area contributed by atoms with E-state index in [4.69, 9.17) is 0 Å². The van der Waals surface area contributed by atoms with Gasteiger partial charge in [-0.15, -0.1) is 0 Å². The minimum atomic E-state index is -0.468. The zero-order valence-corrected chi connectivity index (χ0v) is 10.5. The van der Waals surface area contributed by atoms with Crippen LogP contribution in [0.5, 0.6) is 0 Å². The standard InChI is InChI=1S/C12H16N2O4/c1-8(13-9(2)12(15)18-3)10-5-4-6-11(7-10)14(16)17/h4-9,13H,1-3H3. The monoisotopic (exact) mass is 252 g/mol. The van der Waals surface area contributed by atoms with Crippen molar-refractivity contribution in [2.24, 2.45) is 0 Å². The molecule has 0 heterocycles. The number of ether oxygens (including phenoxy) is 1. The van der Waals surface area contributed by atoms with Crippen molar-refractivity contribution < 1.29 is 14.5 Å². The third-order valence-electron chi connectivity index (χ3n) is 2.64. The minimum absolute atomic E-state index is 0.0341. The SMILES string of the molecule is COC(=O)C(C)NC(C)c1cccc([N+](=O)[O-])c1. The molecule has 6 heteroatoms. The quantitative estimate of drug-likeness (QED) is 0.491. The smallest absolute Gasteiger partial charge is 0.322 e. The molecule has 0 saturated heterocycles. The minimum Gasteiger partial charge on any atom is -0.468 e. The van der Waals surface area contributed by atoms with Crippen LogP contribution in [0, 0.1) is 10.1 Å². The number of benzene rings is 1. The Morgan fingerprint density at radius 1 is 1.44 bits per heavy atom. The average Bonchev–Trinajstić information content (AvgIpc) is 2.37. The average molecular weight is 252 g/mol. The van der Waals surface area contributed by atoms with E-state index >= 15 is 0 Å². The van der Waals surface area contributed by atoms with Crippen molar-refractivity contribution in [3.63, 3.8) is 0 Å². The van der Waals surface area contributed by atoms with Crippen molar-refractivity contribution in [2.75, 3.05) is 7.11 Å². The Labute approximate surface area is 105 Å². The maximum atomic E-state index is 11.3. The molecule has 2 atom stereocenters. The van der Waals surface area contributed by atoms with E-state index in [1.807, 2.05) is 6.92 Å². The summed E-state index contributed by atoms with van der Waals surface area (Å²) in [6, 6.07) is 5.66. The molecule has 0 aromatic heterocycles. The van der Waals surface area contributed by atoms with Crippen LogP contribution in [-0.4, -0.2) is 24.0 Å². The molecule has 1 N–H and O–H groups in total. The molecule has 0 spiro atoms. The normalized spacial score (nSPS) is 13.7. The molecular formula is C12H16N2O4. The summed E-state index contributed by atoms with van der Waals surface area (Å²) in [5.74, 6) is -0.368. The fourth-order valence-electron chi connectivity index (χ4n) is 1.62. The van der Waals surface area contributed by atoms with Gasteiger partial charge in [0.05, 0.1) is 12.0 Å². The molecule has 0 saturated carbocycles. The van der Waals surface area contributed by atoms with E-state index in [1.54, 1.807) is 19.1 Å². The highest BCUT2D eigenvalue weighted by molar-refractivity contribution is 5.75. The maximum Gasteiger partial charge on any atom is 0.322 e. The molecule has 18 heavy (non-hydrogen) atoms. The highest BCUT2D eigenvalue weighted by Gasteiger charge is 2.17. The van der Waals surface area contributed by atoms with E-state index in [0.29, 0.717) is 0 Å². The Morgan fingerprint density at radius 2 is 2.11 bits per heavy atom. The molecule has 0 amide bonds. The van der Waals surface area contributed by atoms with Crippen molar-refractivity contribution in [3.05, 3.63) is 39.9 Å². The maximum absolute atomic E-state index is 11.3. The van der Waals surface area contributed by atoms with E-state index in [-0.39, 0.29) is 17.7 Å². The summed E-state index contributed by atoms with van der Waals surface area (Å²) in [5.41, 5.74) is 0.784. The summed E-state index contributed by atoms with van der Waals surface area (Å²) in [6.45, 7) is 3.51. The molecule has 0 aliphatic heterocycles. The first-order valence-electron chi connectivity index (χ1n) is 5.54. The van der Waals surface area contributed by atoms with Crippen molar-refractivity contribution in [2.45, 2.75) is 25.9 Å². The van der Waals surface area contributed by atoms with E-state index in [2.05, 4.69) is 10.1 Å².